The number of rotatable bonds is 6. The zero-order chi connectivity index (χ0) is 14.4. The van der Waals surface area contributed by atoms with Gasteiger partial charge < -0.3 is 10.1 Å². The fourth-order valence-corrected chi connectivity index (χ4v) is 2.23. The molecule has 2 rings (SSSR count). The monoisotopic (exact) mass is 309 g/mol. The Labute approximate surface area is 129 Å². The summed E-state index contributed by atoms with van der Waals surface area (Å²) in [6, 6.07) is 13.1. The van der Waals surface area contributed by atoms with Gasteiger partial charge in [0.2, 0.25) is 0 Å². The molecule has 106 valence electrons. The lowest BCUT2D eigenvalue weighted by Gasteiger charge is -2.10. The van der Waals surface area contributed by atoms with Crippen LogP contribution in [-0.2, 0) is 6.54 Å². The molecule has 1 N–H and O–H groups in total. The van der Waals surface area contributed by atoms with Crippen LogP contribution >= 0.6 is 23.2 Å². The maximum Gasteiger partial charge on any atom is 0.146 e. The average molecular weight is 310 g/mol. The molecule has 0 aromatic heterocycles. The minimum atomic E-state index is 0.598. The smallest absolute Gasteiger partial charge is 0.146 e. The van der Waals surface area contributed by atoms with Gasteiger partial charge in [-0.2, -0.15) is 0 Å². The van der Waals surface area contributed by atoms with E-state index in [-0.39, 0.29) is 0 Å². The summed E-state index contributed by atoms with van der Waals surface area (Å²) in [4.78, 5) is 0. The second-order valence-electron chi connectivity index (χ2n) is 4.50. The topological polar surface area (TPSA) is 21.3 Å². The van der Waals surface area contributed by atoms with E-state index in [4.69, 9.17) is 27.9 Å². The van der Waals surface area contributed by atoms with Crippen molar-refractivity contribution in [3.8, 4) is 11.5 Å². The highest BCUT2D eigenvalue weighted by Gasteiger charge is 2.05. The van der Waals surface area contributed by atoms with Crippen molar-refractivity contribution >= 4 is 23.2 Å². The third kappa shape index (κ3) is 4.41. The molecule has 0 heterocycles. The number of hydrogen-bond acceptors (Lipinski definition) is 2. The number of nitrogens with one attached hydrogen (secondary N) is 1. The van der Waals surface area contributed by atoms with E-state index in [0.29, 0.717) is 21.5 Å². The van der Waals surface area contributed by atoms with Crippen LogP contribution in [0.1, 0.15) is 18.9 Å². The van der Waals surface area contributed by atoms with Crippen molar-refractivity contribution in [3.63, 3.8) is 0 Å². The fourth-order valence-electron chi connectivity index (χ4n) is 1.80. The van der Waals surface area contributed by atoms with Gasteiger partial charge in [-0.3, -0.25) is 0 Å². The Kier molecular flexibility index (Phi) is 5.72. The van der Waals surface area contributed by atoms with Crippen LogP contribution < -0.4 is 10.1 Å². The van der Waals surface area contributed by atoms with Crippen LogP contribution in [0.2, 0.25) is 10.0 Å². The van der Waals surface area contributed by atoms with E-state index < -0.39 is 0 Å². The first-order valence-corrected chi connectivity index (χ1v) is 7.37. The number of benzene rings is 2. The van der Waals surface area contributed by atoms with Crippen LogP contribution in [-0.4, -0.2) is 6.54 Å². The second kappa shape index (κ2) is 7.53. The molecule has 0 saturated carbocycles. The predicted molar refractivity (Wildman–Crippen MR) is 85.0 cm³/mol. The zero-order valence-corrected chi connectivity index (χ0v) is 12.8. The maximum absolute atomic E-state index is 6.25. The van der Waals surface area contributed by atoms with Crippen molar-refractivity contribution in [1.82, 2.24) is 5.32 Å². The highest BCUT2D eigenvalue weighted by atomic mass is 35.5. The first-order chi connectivity index (χ1) is 9.69. The molecule has 0 amide bonds. The molecule has 0 atom stereocenters. The predicted octanol–water partition coefficient (Wildman–Crippen LogP) is 5.29. The van der Waals surface area contributed by atoms with E-state index in [1.807, 2.05) is 30.3 Å². The van der Waals surface area contributed by atoms with Crippen LogP contribution in [0.5, 0.6) is 11.5 Å². The standard InChI is InChI=1S/C16H17Cl2NO/c1-2-8-19-11-12-6-7-16(15(18)9-12)20-14-5-3-4-13(17)10-14/h3-7,9-10,19H,2,8,11H2,1H3. The molecule has 2 aromatic rings. The van der Waals surface area contributed by atoms with Crippen molar-refractivity contribution in [3.05, 3.63) is 58.1 Å². The first kappa shape index (κ1) is 15.2. The molecule has 0 unspecified atom stereocenters. The summed E-state index contributed by atoms with van der Waals surface area (Å²) in [5.74, 6) is 1.31. The highest BCUT2D eigenvalue weighted by Crippen LogP contribution is 2.31. The molecular weight excluding hydrogens is 293 g/mol. The van der Waals surface area contributed by atoms with Crippen LogP contribution in [0.25, 0.3) is 0 Å². The Morgan fingerprint density at radius 3 is 2.65 bits per heavy atom. The van der Waals surface area contributed by atoms with Gasteiger partial charge in [-0.05, 0) is 48.9 Å². The second-order valence-corrected chi connectivity index (χ2v) is 5.34. The normalized spacial score (nSPS) is 10.6. The van der Waals surface area contributed by atoms with Gasteiger partial charge >= 0.3 is 0 Å². The molecule has 20 heavy (non-hydrogen) atoms. The summed E-state index contributed by atoms with van der Waals surface area (Å²) in [5, 5.41) is 4.57. The zero-order valence-electron chi connectivity index (χ0n) is 11.3. The quantitative estimate of drug-likeness (QED) is 0.732. The first-order valence-electron chi connectivity index (χ1n) is 6.61. The van der Waals surface area contributed by atoms with Crippen molar-refractivity contribution in [2.24, 2.45) is 0 Å². The fraction of sp³-hybridized carbons (Fsp3) is 0.250. The summed E-state index contributed by atoms with van der Waals surface area (Å²) in [6.07, 6.45) is 1.11. The molecule has 0 spiro atoms. The molecule has 4 heteroatoms. The molecule has 0 bridgehead atoms. The van der Waals surface area contributed by atoms with Crippen molar-refractivity contribution < 1.29 is 4.74 Å². The van der Waals surface area contributed by atoms with Crippen molar-refractivity contribution in [2.45, 2.75) is 19.9 Å². The largest absolute Gasteiger partial charge is 0.456 e. The maximum atomic E-state index is 6.25. The Morgan fingerprint density at radius 2 is 1.95 bits per heavy atom. The van der Waals surface area contributed by atoms with E-state index in [1.165, 1.54) is 0 Å². The lowest BCUT2D eigenvalue weighted by Crippen LogP contribution is -2.13. The van der Waals surface area contributed by atoms with Crippen molar-refractivity contribution in [2.75, 3.05) is 6.54 Å². The molecular formula is C16H17Cl2NO. The summed E-state index contributed by atoms with van der Waals surface area (Å²) in [7, 11) is 0. The van der Waals surface area contributed by atoms with Gasteiger partial charge in [-0.1, -0.05) is 42.3 Å². The van der Waals surface area contributed by atoms with E-state index in [2.05, 4.69) is 12.2 Å². The Hall–Kier alpha value is -1.22. The van der Waals surface area contributed by atoms with Gasteiger partial charge in [0, 0.05) is 11.6 Å². The molecule has 0 fully saturated rings. The third-order valence-electron chi connectivity index (χ3n) is 2.78. The van der Waals surface area contributed by atoms with E-state index in [0.717, 1.165) is 25.1 Å². The average Bonchev–Trinajstić information content (AvgIpc) is 2.42. The minimum Gasteiger partial charge on any atom is -0.456 e. The van der Waals surface area contributed by atoms with Crippen LogP contribution in [0.4, 0.5) is 0 Å². The Balaban J connectivity index is 2.06. The summed E-state index contributed by atoms with van der Waals surface area (Å²) in [5.41, 5.74) is 1.14. The van der Waals surface area contributed by atoms with Crippen molar-refractivity contribution in [1.29, 1.82) is 0 Å². The molecule has 0 radical (unpaired) electrons. The summed E-state index contributed by atoms with van der Waals surface area (Å²) in [6.45, 7) is 3.95. The van der Waals surface area contributed by atoms with Crippen LogP contribution in [0.15, 0.2) is 42.5 Å². The van der Waals surface area contributed by atoms with E-state index in [9.17, 15) is 0 Å². The molecule has 0 aliphatic carbocycles. The van der Waals surface area contributed by atoms with Gasteiger partial charge in [0.05, 0.1) is 5.02 Å². The van der Waals surface area contributed by atoms with Gasteiger partial charge in [-0.15, -0.1) is 0 Å². The molecule has 2 aromatic carbocycles. The number of ether oxygens (including phenoxy) is 1. The number of halogens is 2. The van der Waals surface area contributed by atoms with Gasteiger partial charge in [0.15, 0.2) is 0 Å². The molecule has 0 saturated heterocycles. The van der Waals surface area contributed by atoms with E-state index in [1.54, 1.807) is 12.1 Å². The number of hydrogen-bond donors (Lipinski definition) is 1. The SMILES string of the molecule is CCCNCc1ccc(Oc2cccc(Cl)c2)c(Cl)c1. The lowest BCUT2D eigenvalue weighted by atomic mass is 10.2. The van der Waals surface area contributed by atoms with E-state index >= 15 is 0 Å². The van der Waals surface area contributed by atoms with Crippen LogP contribution in [0, 0.1) is 0 Å². The Morgan fingerprint density at radius 1 is 1.10 bits per heavy atom. The molecule has 0 aliphatic rings. The third-order valence-corrected chi connectivity index (χ3v) is 3.31. The molecule has 2 nitrogen and oxygen atoms in total. The molecule has 0 aliphatic heterocycles. The highest BCUT2D eigenvalue weighted by molar-refractivity contribution is 6.32. The van der Waals surface area contributed by atoms with Gasteiger partial charge in [-0.25, -0.2) is 0 Å². The van der Waals surface area contributed by atoms with Crippen LogP contribution in [0.3, 0.4) is 0 Å². The Bertz CT molecular complexity index is 572. The summed E-state index contributed by atoms with van der Waals surface area (Å²) < 4.78 is 5.73. The van der Waals surface area contributed by atoms with Gasteiger partial charge in [0.25, 0.3) is 0 Å². The lowest BCUT2D eigenvalue weighted by molar-refractivity contribution is 0.482. The van der Waals surface area contributed by atoms with Gasteiger partial charge in [0.1, 0.15) is 11.5 Å². The minimum absolute atomic E-state index is 0.598. The summed E-state index contributed by atoms with van der Waals surface area (Å²) >= 11 is 12.2.